The maximum Gasteiger partial charge on any atom is 0.270 e. The molecule has 0 spiro atoms. The molecule has 4 aromatic rings. The summed E-state index contributed by atoms with van der Waals surface area (Å²) in [5, 5.41) is 3.16. The lowest BCUT2D eigenvalue weighted by molar-refractivity contribution is 0.0927. The first kappa shape index (κ1) is 22.7. The van der Waals surface area contributed by atoms with Gasteiger partial charge in [0.25, 0.3) is 5.91 Å². The van der Waals surface area contributed by atoms with Crippen LogP contribution >= 0.6 is 11.6 Å². The smallest absolute Gasteiger partial charge is 0.270 e. The summed E-state index contributed by atoms with van der Waals surface area (Å²) in [7, 11) is 0. The van der Waals surface area contributed by atoms with Gasteiger partial charge in [-0.15, -0.1) is 0 Å². The summed E-state index contributed by atoms with van der Waals surface area (Å²) in [6, 6.07) is 23.8. The van der Waals surface area contributed by atoms with Crippen molar-refractivity contribution in [3.05, 3.63) is 101 Å². The van der Waals surface area contributed by atoms with Crippen LogP contribution in [0.4, 0.5) is 4.39 Å². The van der Waals surface area contributed by atoms with Gasteiger partial charge < -0.3 is 9.88 Å². The fourth-order valence-electron chi connectivity index (χ4n) is 3.98. The highest BCUT2D eigenvalue weighted by Crippen LogP contribution is 2.32. The number of hydrogen-bond donors (Lipinski definition) is 1. The fourth-order valence-corrected chi connectivity index (χ4v) is 4.16. The highest BCUT2D eigenvalue weighted by atomic mass is 35.5. The van der Waals surface area contributed by atoms with Gasteiger partial charge in [-0.05, 0) is 37.1 Å². The molecule has 1 N–H and O–H groups in total. The van der Waals surface area contributed by atoms with Gasteiger partial charge in [-0.3, -0.25) is 4.79 Å². The number of amides is 1. The Hall–Kier alpha value is -3.44. The molecule has 0 aliphatic carbocycles. The van der Waals surface area contributed by atoms with E-state index in [1.807, 2.05) is 79.1 Å². The minimum absolute atomic E-state index is 0.0121. The van der Waals surface area contributed by atoms with Crippen molar-refractivity contribution in [2.75, 3.05) is 0 Å². The third-order valence-corrected chi connectivity index (χ3v) is 5.93. The number of hydrogen-bond acceptors (Lipinski definition) is 2. The molecule has 6 heteroatoms. The molecule has 1 atom stereocenters. The predicted molar refractivity (Wildman–Crippen MR) is 131 cm³/mol. The van der Waals surface area contributed by atoms with Crippen LogP contribution in [0, 0.1) is 5.82 Å². The molecule has 1 aromatic heterocycles. The van der Waals surface area contributed by atoms with Gasteiger partial charge >= 0.3 is 0 Å². The Labute approximate surface area is 198 Å². The number of aromatic nitrogens is 2. The summed E-state index contributed by atoms with van der Waals surface area (Å²) in [4.78, 5) is 18.5. The van der Waals surface area contributed by atoms with Crippen molar-refractivity contribution in [1.29, 1.82) is 0 Å². The molecule has 4 rings (SSSR count). The molecule has 33 heavy (non-hydrogen) atoms. The SMILES string of the molecule is CCC(NC(=O)c1c(-c2ccc(F)c(Cl)c2)nc(-c2ccccc2)n1CC)c1ccccc1. The van der Waals surface area contributed by atoms with E-state index in [-0.39, 0.29) is 17.0 Å². The largest absolute Gasteiger partial charge is 0.344 e. The number of nitrogens with one attached hydrogen (secondary N) is 1. The van der Waals surface area contributed by atoms with E-state index >= 15 is 0 Å². The van der Waals surface area contributed by atoms with E-state index in [4.69, 9.17) is 16.6 Å². The van der Waals surface area contributed by atoms with Gasteiger partial charge in [0.1, 0.15) is 23.0 Å². The van der Waals surface area contributed by atoms with Crippen molar-refractivity contribution in [1.82, 2.24) is 14.9 Å². The Kier molecular flexibility index (Phi) is 6.90. The van der Waals surface area contributed by atoms with Crippen LogP contribution in [0.3, 0.4) is 0 Å². The molecule has 3 aromatic carbocycles. The number of benzene rings is 3. The monoisotopic (exact) mass is 461 g/mol. The fraction of sp³-hybridized carbons (Fsp3) is 0.185. The number of nitrogens with zero attached hydrogens (tertiary/aromatic N) is 2. The molecular formula is C27H25ClFN3O. The lowest BCUT2D eigenvalue weighted by atomic mass is 10.0. The van der Waals surface area contributed by atoms with Gasteiger partial charge in [0.05, 0.1) is 11.1 Å². The summed E-state index contributed by atoms with van der Waals surface area (Å²) in [5.74, 6) is -0.0797. The minimum Gasteiger partial charge on any atom is -0.344 e. The molecule has 1 unspecified atom stereocenters. The number of halogens is 2. The van der Waals surface area contributed by atoms with Gasteiger partial charge in [-0.1, -0.05) is 79.2 Å². The van der Waals surface area contributed by atoms with Gasteiger partial charge in [0.15, 0.2) is 0 Å². The molecule has 1 amide bonds. The van der Waals surface area contributed by atoms with Crippen molar-refractivity contribution in [3.8, 4) is 22.6 Å². The molecule has 0 radical (unpaired) electrons. The Balaban J connectivity index is 1.85. The lowest BCUT2D eigenvalue weighted by Gasteiger charge is -2.19. The maximum absolute atomic E-state index is 13.9. The molecule has 0 fully saturated rings. The Morgan fingerprint density at radius 1 is 1.00 bits per heavy atom. The maximum atomic E-state index is 13.9. The van der Waals surface area contributed by atoms with E-state index in [2.05, 4.69) is 5.32 Å². The summed E-state index contributed by atoms with van der Waals surface area (Å²) in [5.41, 5.74) is 3.41. The van der Waals surface area contributed by atoms with E-state index in [1.54, 1.807) is 6.07 Å². The zero-order valence-electron chi connectivity index (χ0n) is 18.6. The Morgan fingerprint density at radius 3 is 2.27 bits per heavy atom. The van der Waals surface area contributed by atoms with Crippen LogP contribution in [0.2, 0.25) is 5.02 Å². The second-order valence-electron chi connectivity index (χ2n) is 7.72. The molecule has 0 aliphatic rings. The zero-order valence-corrected chi connectivity index (χ0v) is 19.3. The Bertz CT molecular complexity index is 1260. The summed E-state index contributed by atoms with van der Waals surface area (Å²) in [6.45, 7) is 4.54. The van der Waals surface area contributed by atoms with Crippen LogP contribution in [0.5, 0.6) is 0 Å². The average molecular weight is 462 g/mol. The number of imidazole rings is 1. The molecular weight excluding hydrogens is 437 g/mol. The molecule has 168 valence electrons. The van der Waals surface area contributed by atoms with Crippen LogP contribution < -0.4 is 5.32 Å². The first-order chi connectivity index (χ1) is 16.0. The summed E-state index contributed by atoms with van der Waals surface area (Å²) >= 11 is 6.07. The highest BCUT2D eigenvalue weighted by Gasteiger charge is 2.26. The minimum atomic E-state index is -0.514. The van der Waals surface area contributed by atoms with Crippen LogP contribution in [0.25, 0.3) is 22.6 Å². The molecule has 1 heterocycles. The van der Waals surface area contributed by atoms with E-state index in [0.717, 1.165) is 17.5 Å². The van der Waals surface area contributed by atoms with Crippen LogP contribution in [0.15, 0.2) is 78.9 Å². The van der Waals surface area contributed by atoms with Gasteiger partial charge in [-0.25, -0.2) is 9.37 Å². The molecule has 0 saturated carbocycles. The number of carbonyl (C=O) groups is 1. The van der Waals surface area contributed by atoms with Crippen LogP contribution in [-0.2, 0) is 6.54 Å². The van der Waals surface area contributed by atoms with Crippen molar-refractivity contribution in [3.63, 3.8) is 0 Å². The van der Waals surface area contributed by atoms with Crippen LogP contribution in [-0.4, -0.2) is 15.5 Å². The van der Waals surface area contributed by atoms with Gasteiger partial charge in [-0.2, -0.15) is 0 Å². The summed E-state index contributed by atoms with van der Waals surface area (Å²) < 4.78 is 15.8. The predicted octanol–water partition coefficient (Wildman–Crippen LogP) is 6.91. The topological polar surface area (TPSA) is 46.9 Å². The van der Waals surface area contributed by atoms with Crippen molar-refractivity contribution in [2.24, 2.45) is 0 Å². The molecule has 0 saturated heterocycles. The number of carbonyl (C=O) groups excluding carboxylic acids is 1. The van der Waals surface area contributed by atoms with E-state index in [0.29, 0.717) is 29.3 Å². The summed E-state index contributed by atoms with van der Waals surface area (Å²) in [6.07, 6.45) is 0.735. The van der Waals surface area contributed by atoms with E-state index in [9.17, 15) is 9.18 Å². The van der Waals surface area contributed by atoms with E-state index in [1.165, 1.54) is 12.1 Å². The first-order valence-electron chi connectivity index (χ1n) is 11.0. The van der Waals surface area contributed by atoms with Crippen molar-refractivity contribution < 1.29 is 9.18 Å². The standard InChI is InChI=1S/C27H25ClFN3O/c1-3-23(18-11-7-5-8-12-18)30-27(33)25-24(20-15-16-22(29)21(28)17-20)31-26(32(25)4-2)19-13-9-6-10-14-19/h5-17,23H,3-4H2,1-2H3,(H,30,33). The number of rotatable bonds is 7. The quantitative estimate of drug-likeness (QED) is 0.325. The normalized spacial score (nSPS) is 11.9. The molecule has 0 bridgehead atoms. The third-order valence-electron chi connectivity index (χ3n) is 5.64. The van der Waals surface area contributed by atoms with E-state index < -0.39 is 5.82 Å². The zero-order chi connectivity index (χ0) is 23.4. The van der Waals surface area contributed by atoms with Gasteiger partial charge in [0.2, 0.25) is 0 Å². The van der Waals surface area contributed by atoms with Gasteiger partial charge in [0, 0.05) is 17.7 Å². The van der Waals surface area contributed by atoms with Crippen LogP contribution in [0.1, 0.15) is 42.4 Å². The lowest BCUT2D eigenvalue weighted by Crippen LogP contribution is -2.30. The molecule has 4 nitrogen and oxygen atoms in total. The highest BCUT2D eigenvalue weighted by molar-refractivity contribution is 6.31. The second kappa shape index (κ2) is 10.0. The first-order valence-corrected chi connectivity index (χ1v) is 11.4. The van der Waals surface area contributed by atoms with Crippen molar-refractivity contribution >= 4 is 17.5 Å². The van der Waals surface area contributed by atoms with Crippen molar-refractivity contribution in [2.45, 2.75) is 32.9 Å². The second-order valence-corrected chi connectivity index (χ2v) is 8.12. The Morgan fingerprint density at radius 2 is 1.67 bits per heavy atom. The molecule has 0 aliphatic heterocycles. The third kappa shape index (κ3) is 4.69. The average Bonchev–Trinajstić information content (AvgIpc) is 3.25.